The van der Waals surface area contributed by atoms with Crippen LogP contribution in [0.2, 0.25) is 0 Å². The molecule has 1 heterocycles. The molecule has 0 amide bonds. The monoisotopic (exact) mass is 245 g/mol. The van der Waals surface area contributed by atoms with Crippen molar-refractivity contribution < 1.29 is 4.74 Å². The van der Waals surface area contributed by atoms with E-state index in [9.17, 15) is 0 Å². The number of piperidine rings is 1. The fourth-order valence-corrected chi connectivity index (χ4v) is 3.94. The molecule has 3 atom stereocenters. The fraction of sp³-hybridized carbons (Fsp3) is 0.625. The van der Waals surface area contributed by atoms with E-state index in [1.54, 1.807) is 7.11 Å². The standard InChI is InChI=1S/C16H23NO/c1-11-15-9-12-5-6-13(18-4)10-14(12)16(11,2)7-8-17(15)3/h5-6,10-11,15H,7-9H2,1-4H3/t11-,15+,16+/m0/s1. The van der Waals surface area contributed by atoms with E-state index in [4.69, 9.17) is 4.74 Å². The van der Waals surface area contributed by atoms with E-state index in [0.29, 0.717) is 11.5 Å². The number of likely N-dealkylation sites (tertiary alicyclic amines) is 1. The van der Waals surface area contributed by atoms with Gasteiger partial charge in [-0.2, -0.15) is 0 Å². The van der Waals surface area contributed by atoms with Crippen LogP contribution in [0.15, 0.2) is 18.2 Å². The summed E-state index contributed by atoms with van der Waals surface area (Å²) in [6.45, 7) is 6.07. The molecular formula is C16H23NO. The first kappa shape index (κ1) is 12.0. The zero-order valence-electron chi connectivity index (χ0n) is 11.9. The summed E-state index contributed by atoms with van der Waals surface area (Å²) in [5, 5.41) is 0. The molecule has 0 unspecified atom stereocenters. The summed E-state index contributed by atoms with van der Waals surface area (Å²) < 4.78 is 5.41. The number of methoxy groups -OCH3 is 1. The molecule has 0 spiro atoms. The van der Waals surface area contributed by atoms with E-state index in [1.165, 1.54) is 30.5 Å². The Morgan fingerprint density at radius 2 is 2.17 bits per heavy atom. The van der Waals surface area contributed by atoms with Crippen LogP contribution in [0.3, 0.4) is 0 Å². The highest BCUT2D eigenvalue weighted by molar-refractivity contribution is 5.44. The lowest BCUT2D eigenvalue weighted by molar-refractivity contribution is 0.0506. The average molecular weight is 245 g/mol. The molecule has 3 rings (SSSR count). The fourth-order valence-electron chi connectivity index (χ4n) is 3.94. The lowest BCUT2D eigenvalue weighted by Crippen LogP contribution is -2.56. The Balaban J connectivity index is 2.13. The Morgan fingerprint density at radius 3 is 2.89 bits per heavy atom. The second-order valence-corrected chi connectivity index (χ2v) is 6.23. The second-order valence-electron chi connectivity index (χ2n) is 6.23. The maximum absolute atomic E-state index is 5.41. The molecule has 1 aliphatic carbocycles. The molecule has 98 valence electrons. The first-order chi connectivity index (χ1) is 8.56. The molecule has 1 fully saturated rings. The smallest absolute Gasteiger partial charge is 0.119 e. The predicted octanol–water partition coefficient (Wildman–Crippen LogP) is 2.85. The zero-order chi connectivity index (χ0) is 12.9. The van der Waals surface area contributed by atoms with Gasteiger partial charge < -0.3 is 9.64 Å². The molecule has 0 aromatic heterocycles. The molecule has 2 nitrogen and oxygen atoms in total. The topological polar surface area (TPSA) is 12.5 Å². The Bertz CT molecular complexity index is 470. The van der Waals surface area contributed by atoms with Crippen molar-refractivity contribution in [2.75, 3.05) is 20.7 Å². The Hall–Kier alpha value is -1.02. The number of rotatable bonds is 1. The van der Waals surface area contributed by atoms with Gasteiger partial charge in [-0.25, -0.2) is 0 Å². The highest BCUT2D eigenvalue weighted by Gasteiger charge is 2.47. The van der Waals surface area contributed by atoms with Crippen molar-refractivity contribution in [1.82, 2.24) is 4.90 Å². The minimum atomic E-state index is 0.319. The third kappa shape index (κ3) is 1.51. The van der Waals surface area contributed by atoms with E-state index < -0.39 is 0 Å². The van der Waals surface area contributed by atoms with Crippen LogP contribution in [-0.4, -0.2) is 31.6 Å². The summed E-state index contributed by atoms with van der Waals surface area (Å²) >= 11 is 0. The normalized spacial score (nSPS) is 35.1. The first-order valence-electron chi connectivity index (χ1n) is 6.94. The van der Waals surface area contributed by atoms with E-state index >= 15 is 0 Å². The van der Waals surface area contributed by atoms with Gasteiger partial charge in [-0.05, 0) is 61.0 Å². The van der Waals surface area contributed by atoms with Crippen LogP contribution in [0.4, 0.5) is 0 Å². The van der Waals surface area contributed by atoms with Crippen molar-refractivity contribution in [3.63, 3.8) is 0 Å². The van der Waals surface area contributed by atoms with Crippen LogP contribution in [0.1, 0.15) is 31.4 Å². The summed E-state index contributed by atoms with van der Waals surface area (Å²) in [4.78, 5) is 2.54. The van der Waals surface area contributed by atoms with E-state index in [2.05, 4.69) is 44.0 Å². The van der Waals surface area contributed by atoms with Crippen LogP contribution in [0, 0.1) is 5.92 Å². The van der Waals surface area contributed by atoms with Crippen LogP contribution in [0.25, 0.3) is 0 Å². The van der Waals surface area contributed by atoms with Gasteiger partial charge in [0.15, 0.2) is 0 Å². The number of benzene rings is 1. The highest BCUT2D eigenvalue weighted by Crippen LogP contribution is 2.48. The molecule has 0 radical (unpaired) electrons. The number of hydrogen-bond donors (Lipinski definition) is 0. The number of nitrogens with zero attached hydrogens (tertiary/aromatic N) is 1. The molecule has 2 bridgehead atoms. The largest absolute Gasteiger partial charge is 0.497 e. The molecular weight excluding hydrogens is 222 g/mol. The number of ether oxygens (including phenoxy) is 1. The lowest BCUT2D eigenvalue weighted by Gasteiger charge is -2.53. The van der Waals surface area contributed by atoms with Crippen molar-refractivity contribution in [1.29, 1.82) is 0 Å². The van der Waals surface area contributed by atoms with Crippen molar-refractivity contribution >= 4 is 0 Å². The predicted molar refractivity (Wildman–Crippen MR) is 74.2 cm³/mol. The summed E-state index contributed by atoms with van der Waals surface area (Å²) in [5.41, 5.74) is 3.37. The zero-order valence-corrected chi connectivity index (χ0v) is 11.9. The highest BCUT2D eigenvalue weighted by atomic mass is 16.5. The van der Waals surface area contributed by atoms with Gasteiger partial charge in [0.2, 0.25) is 0 Å². The number of hydrogen-bond acceptors (Lipinski definition) is 2. The average Bonchev–Trinajstić information content (AvgIpc) is 2.38. The Morgan fingerprint density at radius 1 is 1.39 bits per heavy atom. The van der Waals surface area contributed by atoms with Gasteiger partial charge in [-0.3, -0.25) is 0 Å². The van der Waals surface area contributed by atoms with Gasteiger partial charge in [0.25, 0.3) is 0 Å². The maximum Gasteiger partial charge on any atom is 0.119 e. The number of likely N-dealkylation sites (N-methyl/N-ethyl adjacent to an activating group) is 1. The third-order valence-electron chi connectivity index (χ3n) is 5.49. The molecule has 2 aliphatic rings. The third-order valence-corrected chi connectivity index (χ3v) is 5.49. The van der Waals surface area contributed by atoms with Crippen molar-refractivity contribution in [2.45, 2.75) is 38.1 Å². The van der Waals surface area contributed by atoms with E-state index in [1.807, 2.05) is 0 Å². The summed E-state index contributed by atoms with van der Waals surface area (Å²) in [5.74, 6) is 1.72. The van der Waals surface area contributed by atoms with Crippen LogP contribution < -0.4 is 4.74 Å². The molecule has 2 heteroatoms. The van der Waals surface area contributed by atoms with Gasteiger partial charge >= 0.3 is 0 Å². The number of fused-ring (bicyclic) bond motifs is 4. The van der Waals surface area contributed by atoms with Gasteiger partial charge in [0.1, 0.15) is 5.75 Å². The molecule has 0 saturated carbocycles. The van der Waals surface area contributed by atoms with Gasteiger partial charge in [-0.15, -0.1) is 0 Å². The Kier molecular flexibility index (Phi) is 2.67. The molecule has 1 saturated heterocycles. The van der Waals surface area contributed by atoms with Crippen molar-refractivity contribution in [3.8, 4) is 5.75 Å². The quantitative estimate of drug-likeness (QED) is 0.754. The maximum atomic E-state index is 5.41. The first-order valence-corrected chi connectivity index (χ1v) is 6.94. The van der Waals surface area contributed by atoms with Gasteiger partial charge in [0, 0.05) is 6.04 Å². The van der Waals surface area contributed by atoms with Crippen molar-refractivity contribution in [2.24, 2.45) is 5.92 Å². The SMILES string of the molecule is COc1ccc2c(c1)[C@]1(C)CCN(C)[C@H](C2)[C@@H]1C. The molecule has 1 aromatic rings. The van der Waals surface area contributed by atoms with Crippen LogP contribution in [0.5, 0.6) is 5.75 Å². The molecule has 18 heavy (non-hydrogen) atoms. The van der Waals surface area contributed by atoms with Crippen LogP contribution in [-0.2, 0) is 11.8 Å². The minimum Gasteiger partial charge on any atom is -0.497 e. The van der Waals surface area contributed by atoms with Gasteiger partial charge in [0.05, 0.1) is 7.11 Å². The van der Waals surface area contributed by atoms with E-state index in [-0.39, 0.29) is 0 Å². The van der Waals surface area contributed by atoms with Crippen LogP contribution >= 0.6 is 0 Å². The summed E-state index contributed by atoms with van der Waals surface area (Å²) in [6, 6.07) is 7.34. The molecule has 0 N–H and O–H groups in total. The summed E-state index contributed by atoms with van der Waals surface area (Å²) in [7, 11) is 4.03. The van der Waals surface area contributed by atoms with E-state index in [0.717, 1.165) is 11.7 Å². The Labute approximate surface area is 110 Å². The van der Waals surface area contributed by atoms with Gasteiger partial charge in [-0.1, -0.05) is 19.9 Å². The van der Waals surface area contributed by atoms with Crippen molar-refractivity contribution in [3.05, 3.63) is 29.3 Å². The summed E-state index contributed by atoms with van der Waals surface area (Å²) in [6.07, 6.45) is 2.44. The lowest BCUT2D eigenvalue weighted by atomic mass is 9.59. The molecule has 1 aliphatic heterocycles. The second kappa shape index (κ2) is 3.99. The minimum absolute atomic E-state index is 0.319. The molecule has 1 aromatic carbocycles.